The van der Waals surface area contributed by atoms with E-state index in [0.29, 0.717) is 0 Å². The number of amides is 1. The van der Waals surface area contributed by atoms with Crippen LogP contribution in [0.15, 0.2) is 28.8 Å². The molecule has 1 aromatic heterocycles. The molecule has 1 saturated carbocycles. The molecule has 1 aliphatic rings. The second kappa shape index (κ2) is 4.87. The Balaban J connectivity index is 1.84. The summed E-state index contributed by atoms with van der Waals surface area (Å²) in [6.07, 6.45) is -2.65. The molecule has 1 heterocycles. The Labute approximate surface area is 117 Å². The zero-order valence-corrected chi connectivity index (χ0v) is 10.6. The Hall–Kier alpha value is -2.38. The summed E-state index contributed by atoms with van der Waals surface area (Å²) in [5.41, 5.74) is -0.673. The highest BCUT2D eigenvalue weighted by Crippen LogP contribution is 2.31. The molecule has 2 aromatic rings. The lowest BCUT2D eigenvalue weighted by atomic mass is 10.1. The molecule has 0 unspecified atom stereocenters. The lowest BCUT2D eigenvalue weighted by molar-refractivity contribution is -0.137. The molecule has 1 fully saturated rings. The molecule has 1 N–H and O–H groups in total. The van der Waals surface area contributed by atoms with Crippen molar-refractivity contribution in [1.29, 1.82) is 0 Å². The molecule has 3 rings (SSSR count). The molecule has 1 amide bonds. The summed E-state index contributed by atoms with van der Waals surface area (Å²) in [7, 11) is 0. The highest BCUT2D eigenvalue weighted by molar-refractivity contribution is 5.90. The third-order valence-corrected chi connectivity index (χ3v) is 2.98. The number of hydrogen-bond donors (Lipinski definition) is 1. The van der Waals surface area contributed by atoms with Crippen LogP contribution in [0.25, 0.3) is 11.4 Å². The van der Waals surface area contributed by atoms with Crippen molar-refractivity contribution < 1.29 is 22.5 Å². The zero-order valence-electron chi connectivity index (χ0n) is 10.6. The molecule has 0 radical (unpaired) electrons. The molecular weight excluding hydrogens is 287 g/mol. The number of rotatable bonds is 3. The Morgan fingerprint density at radius 1 is 1.33 bits per heavy atom. The van der Waals surface area contributed by atoms with Crippen molar-refractivity contribution >= 4 is 5.91 Å². The van der Waals surface area contributed by atoms with Crippen molar-refractivity contribution in [2.75, 3.05) is 0 Å². The van der Waals surface area contributed by atoms with Gasteiger partial charge in [-0.15, -0.1) is 0 Å². The first-order valence-corrected chi connectivity index (χ1v) is 6.26. The standard InChI is InChI=1S/C13H10F3N3O2/c14-13(15,16)8-3-1-2-7(6-8)10-18-12(21-19-10)11(20)17-9-4-5-9/h1-3,6,9H,4-5H2,(H,17,20). The first-order valence-electron chi connectivity index (χ1n) is 6.26. The minimum Gasteiger partial charge on any atom is -0.345 e. The van der Waals surface area contributed by atoms with E-state index in [-0.39, 0.29) is 23.3 Å². The highest BCUT2D eigenvalue weighted by Gasteiger charge is 2.31. The molecule has 8 heteroatoms. The Morgan fingerprint density at radius 3 is 2.76 bits per heavy atom. The summed E-state index contributed by atoms with van der Waals surface area (Å²) in [5.74, 6) is -0.820. The summed E-state index contributed by atoms with van der Waals surface area (Å²) in [5, 5.41) is 6.20. The topological polar surface area (TPSA) is 68.0 Å². The Kier molecular flexibility index (Phi) is 3.15. The van der Waals surface area contributed by atoms with Gasteiger partial charge in [-0.1, -0.05) is 17.3 Å². The van der Waals surface area contributed by atoms with Crippen molar-refractivity contribution in [1.82, 2.24) is 15.5 Å². The summed E-state index contributed by atoms with van der Waals surface area (Å²) >= 11 is 0. The predicted octanol–water partition coefficient (Wildman–Crippen LogP) is 2.65. The lowest BCUT2D eigenvalue weighted by Gasteiger charge is -2.06. The fraction of sp³-hybridized carbons (Fsp3) is 0.308. The maximum absolute atomic E-state index is 12.6. The van der Waals surface area contributed by atoms with Gasteiger partial charge in [0.05, 0.1) is 5.56 Å². The van der Waals surface area contributed by atoms with Gasteiger partial charge in [-0.25, -0.2) is 0 Å². The van der Waals surface area contributed by atoms with Crippen molar-refractivity contribution in [3.05, 3.63) is 35.7 Å². The number of halogens is 3. The zero-order chi connectivity index (χ0) is 15.0. The van der Waals surface area contributed by atoms with Crippen LogP contribution in [0.3, 0.4) is 0 Å². The number of benzene rings is 1. The fourth-order valence-electron chi connectivity index (χ4n) is 1.74. The molecule has 0 spiro atoms. The third kappa shape index (κ3) is 3.04. The van der Waals surface area contributed by atoms with E-state index in [2.05, 4.69) is 15.5 Å². The molecule has 0 saturated heterocycles. The lowest BCUT2D eigenvalue weighted by Crippen LogP contribution is -2.25. The number of carbonyl (C=O) groups is 1. The van der Waals surface area contributed by atoms with Crippen LogP contribution in [0.4, 0.5) is 13.2 Å². The smallest absolute Gasteiger partial charge is 0.345 e. The van der Waals surface area contributed by atoms with Crippen LogP contribution in [0, 0.1) is 0 Å². The second-order valence-electron chi connectivity index (χ2n) is 4.75. The normalized spacial score (nSPS) is 15.0. The summed E-state index contributed by atoms with van der Waals surface area (Å²) in [6, 6.07) is 4.65. The van der Waals surface area contributed by atoms with Gasteiger partial charge in [-0.2, -0.15) is 18.2 Å². The first kappa shape index (κ1) is 13.6. The first-order chi connectivity index (χ1) is 9.93. The van der Waals surface area contributed by atoms with E-state index < -0.39 is 17.6 Å². The van der Waals surface area contributed by atoms with E-state index in [1.807, 2.05) is 0 Å². The summed E-state index contributed by atoms with van der Waals surface area (Å²) in [6.45, 7) is 0. The van der Waals surface area contributed by atoms with E-state index >= 15 is 0 Å². The number of hydrogen-bond acceptors (Lipinski definition) is 4. The Bertz CT molecular complexity index is 677. The van der Waals surface area contributed by atoms with Crippen molar-refractivity contribution in [3.63, 3.8) is 0 Å². The number of aromatic nitrogens is 2. The van der Waals surface area contributed by atoms with Crippen LogP contribution < -0.4 is 5.32 Å². The number of nitrogens with one attached hydrogen (secondary N) is 1. The molecule has 5 nitrogen and oxygen atoms in total. The predicted molar refractivity (Wildman–Crippen MR) is 65.2 cm³/mol. The van der Waals surface area contributed by atoms with Crippen molar-refractivity contribution in [2.45, 2.75) is 25.1 Å². The van der Waals surface area contributed by atoms with Gasteiger partial charge in [0.15, 0.2) is 0 Å². The second-order valence-corrected chi connectivity index (χ2v) is 4.75. The molecule has 1 aromatic carbocycles. The van der Waals surface area contributed by atoms with Gasteiger partial charge in [0.25, 0.3) is 0 Å². The van der Waals surface area contributed by atoms with Crippen molar-refractivity contribution in [3.8, 4) is 11.4 Å². The van der Waals surface area contributed by atoms with Gasteiger partial charge in [-0.05, 0) is 25.0 Å². The third-order valence-electron chi connectivity index (χ3n) is 2.98. The van der Waals surface area contributed by atoms with Crippen LogP contribution in [0.5, 0.6) is 0 Å². The largest absolute Gasteiger partial charge is 0.416 e. The van der Waals surface area contributed by atoms with Gasteiger partial charge in [0.2, 0.25) is 5.82 Å². The van der Waals surface area contributed by atoms with E-state index in [1.165, 1.54) is 12.1 Å². The monoisotopic (exact) mass is 297 g/mol. The van der Waals surface area contributed by atoms with Crippen LogP contribution >= 0.6 is 0 Å². The Morgan fingerprint density at radius 2 is 2.10 bits per heavy atom. The average Bonchev–Trinajstić information content (AvgIpc) is 3.11. The van der Waals surface area contributed by atoms with E-state index in [9.17, 15) is 18.0 Å². The van der Waals surface area contributed by atoms with Crippen LogP contribution in [-0.4, -0.2) is 22.1 Å². The highest BCUT2D eigenvalue weighted by atomic mass is 19.4. The van der Waals surface area contributed by atoms with Crippen LogP contribution in [0.1, 0.15) is 29.1 Å². The van der Waals surface area contributed by atoms with Gasteiger partial charge < -0.3 is 9.84 Å². The van der Waals surface area contributed by atoms with Gasteiger partial charge in [0.1, 0.15) is 0 Å². The molecule has 0 bridgehead atoms. The summed E-state index contributed by atoms with van der Waals surface area (Å²) in [4.78, 5) is 15.5. The molecule has 1 aliphatic carbocycles. The average molecular weight is 297 g/mol. The minimum absolute atomic E-state index is 0.0537. The molecule has 0 atom stereocenters. The molecule has 0 aliphatic heterocycles. The minimum atomic E-state index is -4.45. The molecule has 110 valence electrons. The summed E-state index contributed by atoms with van der Waals surface area (Å²) < 4.78 is 42.7. The van der Waals surface area contributed by atoms with Crippen molar-refractivity contribution in [2.24, 2.45) is 0 Å². The van der Waals surface area contributed by atoms with Gasteiger partial charge >= 0.3 is 18.0 Å². The number of alkyl halides is 3. The van der Waals surface area contributed by atoms with Crippen LogP contribution in [0.2, 0.25) is 0 Å². The van der Waals surface area contributed by atoms with E-state index in [0.717, 1.165) is 25.0 Å². The quantitative estimate of drug-likeness (QED) is 0.945. The number of carbonyl (C=O) groups excluding carboxylic acids is 1. The maximum Gasteiger partial charge on any atom is 0.416 e. The fourth-order valence-corrected chi connectivity index (χ4v) is 1.74. The number of nitrogens with zero attached hydrogens (tertiary/aromatic N) is 2. The van der Waals surface area contributed by atoms with E-state index in [4.69, 9.17) is 4.52 Å². The van der Waals surface area contributed by atoms with Gasteiger partial charge in [-0.3, -0.25) is 4.79 Å². The maximum atomic E-state index is 12.6. The SMILES string of the molecule is O=C(NC1CC1)c1nc(-c2cccc(C(F)(F)F)c2)no1. The molecular formula is C13H10F3N3O2. The van der Waals surface area contributed by atoms with Gasteiger partial charge in [0, 0.05) is 11.6 Å². The van der Waals surface area contributed by atoms with Crippen LogP contribution in [-0.2, 0) is 6.18 Å². The van der Waals surface area contributed by atoms with E-state index in [1.54, 1.807) is 0 Å². The molecule has 21 heavy (non-hydrogen) atoms.